The van der Waals surface area contributed by atoms with Crippen LogP contribution in [0.4, 0.5) is 0 Å². The Kier molecular flexibility index (Phi) is 10.6. The van der Waals surface area contributed by atoms with E-state index in [4.69, 9.17) is 9.73 Å². The number of nitrogens with zero attached hydrogens (tertiary/aromatic N) is 1. The van der Waals surface area contributed by atoms with Crippen LogP contribution in [0.5, 0.6) is 5.75 Å². The van der Waals surface area contributed by atoms with Crippen molar-refractivity contribution < 1.29 is 4.74 Å². The standard InChI is InChI=1S/C29H43N3O/c1-4-7-8-9-10-11-12-13-14-16-23-20-24(31-25(23)6-3)21-28-29(33-19-5-2)22-27(32-28)26-17-15-18-30-26/h15,17-18,20-22,30,32H,4-14,16,19H2,1-3H3. The van der Waals surface area contributed by atoms with Crippen molar-refractivity contribution in [3.05, 3.63) is 47.4 Å². The second-order valence-electron chi connectivity index (χ2n) is 9.12. The Bertz CT molecular complexity index is 915. The molecule has 2 N–H and O–H groups in total. The molecule has 4 heteroatoms. The van der Waals surface area contributed by atoms with Crippen LogP contribution >= 0.6 is 0 Å². The lowest BCUT2D eigenvalue weighted by molar-refractivity contribution is 0.317. The van der Waals surface area contributed by atoms with Gasteiger partial charge in [0.25, 0.3) is 0 Å². The highest BCUT2D eigenvalue weighted by Crippen LogP contribution is 2.31. The van der Waals surface area contributed by atoms with E-state index in [1.54, 1.807) is 0 Å². The monoisotopic (exact) mass is 449 g/mol. The smallest absolute Gasteiger partial charge is 0.144 e. The van der Waals surface area contributed by atoms with Crippen LogP contribution < -0.4 is 4.74 Å². The average Bonchev–Trinajstić information content (AvgIpc) is 3.57. The first kappa shape index (κ1) is 25.1. The number of ether oxygens (including phenoxy) is 1. The SMILES string of the molecule is CCCCCCCCCCCC1=CC(=Cc2[nH]c(-c3ccc[nH]3)cc2OCCC)N=C1CC. The van der Waals surface area contributed by atoms with Crippen LogP contribution in [0.1, 0.15) is 104 Å². The number of aromatic amines is 2. The fourth-order valence-electron chi connectivity index (χ4n) is 4.43. The highest BCUT2D eigenvalue weighted by Gasteiger charge is 2.16. The Morgan fingerprint density at radius 1 is 0.909 bits per heavy atom. The molecule has 0 saturated heterocycles. The summed E-state index contributed by atoms with van der Waals surface area (Å²) in [5.41, 5.74) is 6.77. The van der Waals surface area contributed by atoms with Crippen molar-refractivity contribution in [1.82, 2.24) is 9.97 Å². The summed E-state index contributed by atoms with van der Waals surface area (Å²) in [6, 6.07) is 6.16. The van der Waals surface area contributed by atoms with Gasteiger partial charge in [0.15, 0.2) is 0 Å². The maximum atomic E-state index is 6.03. The number of nitrogens with one attached hydrogen (secondary N) is 2. The molecule has 0 bridgehead atoms. The second kappa shape index (κ2) is 13.9. The maximum Gasteiger partial charge on any atom is 0.144 e. The molecule has 3 heterocycles. The van der Waals surface area contributed by atoms with Gasteiger partial charge in [0.05, 0.1) is 29.4 Å². The zero-order chi connectivity index (χ0) is 23.3. The molecule has 3 rings (SSSR count). The van der Waals surface area contributed by atoms with Crippen LogP contribution in [-0.2, 0) is 0 Å². The molecule has 0 saturated carbocycles. The molecule has 0 amide bonds. The van der Waals surface area contributed by atoms with Crippen molar-refractivity contribution in [3.8, 4) is 17.1 Å². The van der Waals surface area contributed by atoms with Crippen molar-refractivity contribution in [2.75, 3.05) is 6.61 Å². The predicted octanol–water partition coefficient (Wildman–Crippen LogP) is 8.85. The van der Waals surface area contributed by atoms with Gasteiger partial charge in [-0.2, -0.15) is 0 Å². The lowest BCUT2D eigenvalue weighted by Crippen LogP contribution is -1.97. The van der Waals surface area contributed by atoms with Crippen molar-refractivity contribution in [3.63, 3.8) is 0 Å². The molecule has 0 unspecified atom stereocenters. The summed E-state index contributed by atoms with van der Waals surface area (Å²) in [5.74, 6) is 0.892. The van der Waals surface area contributed by atoms with Crippen LogP contribution in [-0.4, -0.2) is 22.3 Å². The third-order valence-electron chi connectivity index (χ3n) is 6.29. The molecule has 0 aliphatic carbocycles. The largest absolute Gasteiger partial charge is 0.491 e. The lowest BCUT2D eigenvalue weighted by atomic mass is 10.0. The molecule has 1 aliphatic rings. The third-order valence-corrected chi connectivity index (χ3v) is 6.29. The second-order valence-corrected chi connectivity index (χ2v) is 9.12. The molecule has 0 atom stereocenters. The van der Waals surface area contributed by atoms with Gasteiger partial charge in [-0.25, -0.2) is 0 Å². The van der Waals surface area contributed by atoms with E-state index < -0.39 is 0 Å². The zero-order valence-corrected chi connectivity index (χ0v) is 21.0. The number of hydrogen-bond acceptors (Lipinski definition) is 2. The minimum absolute atomic E-state index is 0.710. The average molecular weight is 450 g/mol. The molecule has 1 aliphatic heterocycles. The number of H-pyrrole nitrogens is 2. The van der Waals surface area contributed by atoms with Gasteiger partial charge in [-0.05, 0) is 55.5 Å². The molecule has 2 aromatic heterocycles. The van der Waals surface area contributed by atoms with Crippen LogP contribution in [0.25, 0.3) is 17.5 Å². The molecule has 33 heavy (non-hydrogen) atoms. The van der Waals surface area contributed by atoms with Crippen LogP contribution in [0.15, 0.2) is 46.7 Å². The molecule has 0 aromatic carbocycles. The van der Waals surface area contributed by atoms with Crippen LogP contribution in [0.3, 0.4) is 0 Å². The summed E-state index contributed by atoms with van der Waals surface area (Å²) in [7, 11) is 0. The molecule has 2 aromatic rings. The Morgan fingerprint density at radius 2 is 1.67 bits per heavy atom. The zero-order valence-electron chi connectivity index (χ0n) is 21.0. The number of rotatable bonds is 16. The van der Waals surface area contributed by atoms with E-state index in [9.17, 15) is 0 Å². The Morgan fingerprint density at radius 3 is 2.33 bits per heavy atom. The summed E-state index contributed by atoms with van der Waals surface area (Å²) in [5, 5.41) is 0. The summed E-state index contributed by atoms with van der Waals surface area (Å²) in [6.07, 6.45) is 21.8. The third kappa shape index (κ3) is 7.80. The molecule has 4 nitrogen and oxygen atoms in total. The van der Waals surface area contributed by atoms with Gasteiger partial charge in [-0.15, -0.1) is 0 Å². The summed E-state index contributed by atoms with van der Waals surface area (Å²) in [6.45, 7) is 7.33. The van der Waals surface area contributed by atoms with Crippen LogP contribution in [0.2, 0.25) is 0 Å². The van der Waals surface area contributed by atoms with Crippen LogP contribution in [0, 0.1) is 0 Å². The first-order valence-electron chi connectivity index (χ1n) is 13.2. The predicted molar refractivity (Wildman–Crippen MR) is 142 cm³/mol. The first-order chi connectivity index (χ1) is 16.2. The summed E-state index contributed by atoms with van der Waals surface area (Å²) < 4.78 is 6.03. The number of allylic oxidation sites excluding steroid dienone is 2. The van der Waals surface area contributed by atoms with Crippen molar-refractivity contribution in [1.29, 1.82) is 0 Å². The first-order valence-corrected chi connectivity index (χ1v) is 13.2. The van der Waals surface area contributed by atoms with Crippen molar-refractivity contribution in [2.45, 2.75) is 97.8 Å². The minimum Gasteiger partial charge on any atom is -0.491 e. The molecular formula is C29H43N3O. The summed E-state index contributed by atoms with van der Waals surface area (Å²) >= 11 is 0. The van der Waals surface area contributed by atoms with Gasteiger partial charge >= 0.3 is 0 Å². The number of hydrogen-bond donors (Lipinski definition) is 2. The fraction of sp³-hybridized carbons (Fsp3) is 0.552. The Hall–Kier alpha value is -2.49. The van der Waals surface area contributed by atoms with Crippen molar-refractivity contribution in [2.24, 2.45) is 4.99 Å². The van der Waals surface area contributed by atoms with E-state index in [-0.39, 0.29) is 0 Å². The Labute approximate surface area is 200 Å². The highest BCUT2D eigenvalue weighted by atomic mass is 16.5. The fourth-order valence-corrected chi connectivity index (χ4v) is 4.43. The van der Waals surface area contributed by atoms with E-state index in [0.717, 1.165) is 47.8 Å². The topological polar surface area (TPSA) is 53.2 Å². The van der Waals surface area contributed by atoms with E-state index >= 15 is 0 Å². The van der Waals surface area contributed by atoms with E-state index in [1.165, 1.54) is 69.1 Å². The minimum atomic E-state index is 0.710. The lowest BCUT2D eigenvalue weighted by Gasteiger charge is -2.05. The maximum absolute atomic E-state index is 6.03. The number of unbranched alkanes of at least 4 members (excludes halogenated alkanes) is 8. The van der Waals surface area contributed by atoms with Crippen molar-refractivity contribution >= 4 is 11.8 Å². The van der Waals surface area contributed by atoms with Gasteiger partial charge in [0.1, 0.15) is 5.75 Å². The van der Waals surface area contributed by atoms with Gasteiger partial charge in [-0.3, -0.25) is 4.99 Å². The quantitative estimate of drug-likeness (QED) is 0.247. The number of aliphatic imine (C=N–C) groups is 1. The normalized spacial score (nSPS) is 14.7. The van der Waals surface area contributed by atoms with E-state index in [2.05, 4.69) is 55.0 Å². The van der Waals surface area contributed by atoms with E-state index in [0.29, 0.717) is 6.61 Å². The highest BCUT2D eigenvalue weighted by molar-refractivity contribution is 6.04. The molecule has 0 spiro atoms. The van der Waals surface area contributed by atoms with Gasteiger partial charge in [0.2, 0.25) is 0 Å². The Balaban J connectivity index is 1.59. The van der Waals surface area contributed by atoms with Gasteiger partial charge < -0.3 is 14.7 Å². The molecular weight excluding hydrogens is 406 g/mol. The number of aromatic nitrogens is 2. The molecule has 0 fully saturated rings. The van der Waals surface area contributed by atoms with Gasteiger partial charge in [-0.1, -0.05) is 72.1 Å². The molecule has 0 radical (unpaired) electrons. The molecule has 180 valence electrons. The van der Waals surface area contributed by atoms with Gasteiger partial charge in [0, 0.05) is 18.0 Å². The van der Waals surface area contributed by atoms with E-state index in [1.807, 2.05) is 12.3 Å². The summed E-state index contributed by atoms with van der Waals surface area (Å²) in [4.78, 5) is 11.7.